The van der Waals surface area contributed by atoms with Gasteiger partial charge in [0.05, 0.1) is 16.1 Å². The van der Waals surface area contributed by atoms with Gasteiger partial charge in [-0.25, -0.2) is 14.2 Å². The van der Waals surface area contributed by atoms with Gasteiger partial charge in [0.15, 0.2) is 11.6 Å². The van der Waals surface area contributed by atoms with Crippen molar-refractivity contribution in [2.24, 2.45) is 0 Å². The van der Waals surface area contributed by atoms with E-state index >= 15 is 0 Å². The maximum absolute atomic E-state index is 14.0. The number of hydrogen-bond acceptors (Lipinski definition) is 5. The van der Waals surface area contributed by atoms with Crippen LogP contribution in [0.5, 0.6) is 5.75 Å². The maximum atomic E-state index is 14.0. The fourth-order valence-electron chi connectivity index (χ4n) is 2.21. The van der Waals surface area contributed by atoms with Crippen LogP contribution in [0.2, 0.25) is 0 Å². The molecule has 0 atom stereocenters. The van der Waals surface area contributed by atoms with Crippen molar-refractivity contribution in [1.29, 1.82) is 0 Å². The average molecular weight is 321 g/mol. The molecule has 0 amide bonds. The predicted octanol–water partition coefficient (Wildman–Crippen LogP) is 3.92. The number of aryl methyl sites for hydroxylation is 2. The van der Waals surface area contributed by atoms with Gasteiger partial charge in [0.1, 0.15) is 23.5 Å². The molecule has 114 valence electrons. The van der Waals surface area contributed by atoms with E-state index in [4.69, 9.17) is 9.15 Å². The molecule has 0 spiro atoms. The highest BCUT2D eigenvalue weighted by molar-refractivity contribution is 7.09. The highest BCUT2D eigenvalue weighted by Gasteiger charge is 2.20. The molecule has 2 heterocycles. The van der Waals surface area contributed by atoms with Crippen LogP contribution in [0.15, 0.2) is 22.1 Å². The minimum atomic E-state index is -1.12. The van der Waals surface area contributed by atoms with Crippen LogP contribution in [0.25, 0.3) is 11.0 Å². The number of carboxylic acid groups (broad SMARTS) is 1. The van der Waals surface area contributed by atoms with E-state index < -0.39 is 11.8 Å². The number of carboxylic acids is 1. The van der Waals surface area contributed by atoms with Gasteiger partial charge in [-0.2, -0.15) is 0 Å². The largest absolute Gasteiger partial charge is 0.485 e. The van der Waals surface area contributed by atoms with Gasteiger partial charge < -0.3 is 14.3 Å². The summed E-state index contributed by atoms with van der Waals surface area (Å²) in [6.07, 6.45) is 0. The van der Waals surface area contributed by atoms with E-state index in [2.05, 4.69) is 4.98 Å². The third kappa shape index (κ3) is 2.43. The van der Waals surface area contributed by atoms with Gasteiger partial charge in [0, 0.05) is 11.5 Å². The van der Waals surface area contributed by atoms with Gasteiger partial charge in [-0.05, 0) is 19.9 Å². The van der Waals surface area contributed by atoms with Gasteiger partial charge >= 0.3 is 5.97 Å². The first-order valence-corrected chi connectivity index (χ1v) is 7.33. The lowest BCUT2D eigenvalue weighted by Gasteiger charge is -2.06. The van der Waals surface area contributed by atoms with E-state index in [1.165, 1.54) is 24.3 Å². The van der Waals surface area contributed by atoms with Crippen molar-refractivity contribution in [2.45, 2.75) is 20.5 Å². The van der Waals surface area contributed by atoms with Gasteiger partial charge in [0.25, 0.3) is 0 Å². The van der Waals surface area contributed by atoms with Crippen molar-refractivity contribution in [3.05, 3.63) is 45.4 Å². The van der Waals surface area contributed by atoms with Gasteiger partial charge in [-0.15, -0.1) is 11.3 Å². The molecule has 22 heavy (non-hydrogen) atoms. The molecule has 0 saturated heterocycles. The quantitative estimate of drug-likeness (QED) is 0.788. The van der Waals surface area contributed by atoms with E-state index in [1.54, 1.807) is 5.51 Å². The fourth-order valence-corrected chi connectivity index (χ4v) is 2.89. The van der Waals surface area contributed by atoms with E-state index in [9.17, 15) is 14.3 Å². The minimum absolute atomic E-state index is 0.0106. The number of furan rings is 1. The number of hydrogen-bond donors (Lipinski definition) is 1. The first-order valence-electron chi connectivity index (χ1n) is 6.45. The van der Waals surface area contributed by atoms with Crippen molar-refractivity contribution in [3.8, 4) is 5.75 Å². The molecule has 2 aromatic heterocycles. The SMILES string of the molecule is Cc1ncsc1COc1cc2c(C(=O)O)c(C)oc2cc1F. The molecule has 5 nitrogen and oxygen atoms in total. The second-order valence-electron chi connectivity index (χ2n) is 4.77. The number of nitrogens with zero attached hydrogens (tertiary/aromatic N) is 1. The van der Waals surface area contributed by atoms with Crippen molar-refractivity contribution in [2.75, 3.05) is 0 Å². The summed E-state index contributed by atoms with van der Waals surface area (Å²) in [7, 11) is 0. The molecule has 0 radical (unpaired) electrons. The minimum Gasteiger partial charge on any atom is -0.485 e. The Balaban J connectivity index is 1.99. The van der Waals surface area contributed by atoms with Gasteiger partial charge in [0.2, 0.25) is 0 Å². The molecule has 0 aliphatic carbocycles. The van der Waals surface area contributed by atoms with Crippen molar-refractivity contribution < 1.29 is 23.4 Å². The Morgan fingerprint density at radius 3 is 2.86 bits per heavy atom. The zero-order chi connectivity index (χ0) is 15.9. The van der Waals surface area contributed by atoms with Gasteiger partial charge in [-0.3, -0.25) is 0 Å². The highest BCUT2D eigenvalue weighted by Crippen LogP contribution is 2.32. The molecule has 0 unspecified atom stereocenters. The Kier molecular flexibility index (Phi) is 3.58. The van der Waals surface area contributed by atoms with E-state index in [0.29, 0.717) is 5.39 Å². The Hall–Kier alpha value is -2.41. The third-order valence-corrected chi connectivity index (χ3v) is 4.24. The topological polar surface area (TPSA) is 72.6 Å². The number of benzene rings is 1. The molecular formula is C15H12FNO4S. The van der Waals surface area contributed by atoms with Crippen molar-refractivity contribution in [1.82, 2.24) is 4.98 Å². The number of ether oxygens (including phenoxy) is 1. The number of aromatic nitrogens is 1. The lowest BCUT2D eigenvalue weighted by Crippen LogP contribution is -1.99. The molecule has 1 N–H and O–H groups in total. The Morgan fingerprint density at radius 1 is 1.45 bits per heavy atom. The molecule has 7 heteroatoms. The van der Waals surface area contributed by atoms with Crippen LogP contribution in [0, 0.1) is 19.7 Å². The van der Waals surface area contributed by atoms with Crippen LogP contribution in [-0.2, 0) is 6.61 Å². The molecule has 3 aromatic rings. The van der Waals surface area contributed by atoms with Crippen LogP contribution in [-0.4, -0.2) is 16.1 Å². The monoisotopic (exact) mass is 321 g/mol. The summed E-state index contributed by atoms with van der Waals surface area (Å²) in [5, 5.41) is 9.55. The normalized spacial score (nSPS) is 11.0. The van der Waals surface area contributed by atoms with Crippen molar-refractivity contribution in [3.63, 3.8) is 0 Å². The van der Waals surface area contributed by atoms with E-state index in [0.717, 1.165) is 16.6 Å². The summed E-state index contributed by atoms with van der Waals surface area (Å²) in [5.41, 5.74) is 2.73. The zero-order valence-electron chi connectivity index (χ0n) is 11.8. The predicted molar refractivity (Wildman–Crippen MR) is 79.1 cm³/mol. The molecule has 0 bridgehead atoms. The number of rotatable bonds is 4. The number of thiazole rings is 1. The van der Waals surface area contributed by atoms with Crippen LogP contribution >= 0.6 is 11.3 Å². The Labute approximate surface area is 129 Å². The summed E-state index contributed by atoms with van der Waals surface area (Å²) in [6, 6.07) is 2.50. The molecule has 0 aliphatic heterocycles. The van der Waals surface area contributed by atoms with Crippen LogP contribution in [0.4, 0.5) is 4.39 Å². The smallest absolute Gasteiger partial charge is 0.339 e. The lowest BCUT2D eigenvalue weighted by molar-refractivity contribution is 0.0697. The molecular weight excluding hydrogens is 309 g/mol. The molecule has 0 saturated carbocycles. The number of fused-ring (bicyclic) bond motifs is 1. The summed E-state index contributed by atoms with van der Waals surface area (Å²) < 4.78 is 24.8. The lowest BCUT2D eigenvalue weighted by atomic mass is 10.1. The summed E-state index contributed by atoms with van der Waals surface area (Å²) in [6.45, 7) is 3.55. The van der Waals surface area contributed by atoms with Crippen LogP contribution in [0.1, 0.15) is 26.7 Å². The number of carbonyl (C=O) groups is 1. The second kappa shape index (κ2) is 5.42. The molecule has 0 fully saturated rings. The standard InChI is InChI=1S/C15H12FNO4S/c1-7-13(22-6-17-7)5-20-12-3-9-11(4-10(12)16)21-8(2)14(9)15(18)19/h3-4,6H,5H2,1-2H3,(H,18,19). The number of aromatic carboxylic acids is 1. The summed E-state index contributed by atoms with van der Waals surface area (Å²) in [5.74, 6) is -1.49. The number of halogens is 1. The summed E-state index contributed by atoms with van der Waals surface area (Å²) >= 11 is 1.42. The third-order valence-electron chi connectivity index (χ3n) is 3.34. The second-order valence-corrected chi connectivity index (χ2v) is 5.71. The van der Waals surface area contributed by atoms with Crippen LogP contribution < -0.4 is 4.74 Å². The fraction of sp³-hybridized carbons (Fsp3) is 0.200. The zero-order valence-corrected chi connectivity index (χ0v) is 12.7. The van der Waals surface area contributed by atoms with Crippen LogP contribution in [0.3, 0.4) is 0 Å². The van der Waals surface area contributed by atoms with Crippen molar-refractivity contribution >= 4 is 28.3 Å². The molecule has 0 aliphatic rings. The molecule has 1 aromatic carbocycles. The van der Waals surface area contributed by atoms with Gasteiger partial charge in [-0.1, -0.05) is 0 Å². The Morgan fingerprint density at radius 2 is 2.23 bits per heavy atom. The Bertz CT molecular complexity index is 868. The van der Waals surface area contributed by atoms with E-state index in [1.807, 2.05) is 6.92 Å². The average Bonchev–Trinajstić information content (AvgIpc) is 2.98. The highest BCUT2D eigenvalue weighted by atomic mass is 32.1. The molecule has 3 rings (SSSR count). The first-order chi connectivity index (χ1) is 10.5. The van der Waals surface area contributed by atoms with E-state index in [-0.39, 0.29) is 29.3 Å². The maximum Gasteiger partial charge on any atom is 0.339 e. The summed E-state index contributed by atoms with van der Waals surface area (Å²) in [4.78, 5) is 16.3. The first kappa shape index (κ1) is 14.5.